The van der Waals surface area contributed by atoms with Crippen molar-refractivity contribution in [1.82, 2.24) is 5.32 Å². The topological polar surface area (TPSA) is 21.3 Å². The van der Waals surface area contributed by atoms with E-state index in [0.29, 0.717) is 6.42 Å². The zero-order valence-electron chi connectivity index (χ0n) is 4.23. The molecule has 0 aromatic heterocycles. The molecule has 0 aliphatic carbocycles. The second kappa shape index (κ2) is 2.37. The van der Waals surface area contributed by atoms with E-state index < -0.39 is 12.8 Å². The van der Waals surface area contributed by atoms with Gasteiger partial charge >= 0.3 is 6.61 Å². The van der Waals surface area contributed by atoms with E-state index in [1.807, 2.05) is 0 Å². The Morgan fingerprint density at radius 1 is 1.62 bits per heavy atom. The number of alkyl halides is 2. The van der Waals surface area contributed by atoms with E-state index in [2.05, 4.69) is 10.1 Å². The second-order valence-corrected chi connectivity index (χ2v) is 1.63. The Balaban J connectivity index is 2.01. The fourth-order valence-corrected chi connectivity index (χ4v) is 0.503. The van der Waals surface area contributed by atoms with Crippen molar-refractivity contribution in [2.24, 2.45) is 0 Å². The fourth-order valence-electron chi connectivity index (χ4n) is 0.503. The standard InChI is InChI=1S/C4H7F2NO/c5-4(6)8-3-1-2-7-3/h3-4,7H,1-2H2. The van der Waals surface area contributed by atoms with Crippen molar-refractivity contribution in [3.8, 4) is 0 Å². The molecule has 0 amide bonds. The summed E-state index contributed by atoms with van der Waals surface area (Å²) < 4.78 is 26.5. The molecule has 0 radical (unpaired) electrons. The monoisotopic (exact) mass is 123 g/mol. The minimum atomic E-state index is -2.63. The summed E-state index contributed by atoms with van der Waals surface area (Å²) in [5, 5.41) is 2.67. The highest BCUT2D eigenvalue weighted by molar-refractivity contribution is 4.66. The Bertz CT molecular complexity index is 74.4. The van der Waals surface area contributed by atoms with Gasteiger partial charge in [0.25, 0.3) is 0 Å². The SMILES string of the molecule is FC(F)OC1CCN1. The van der Waals surface area contributed by atoms with Crippen molar-refractivity contribution in [2.75, 3.05) is 6.54 Å². The Morgan fingerprint density at radius 3 is 2.38 bits per heavy atom. The molecule has 0 saturated carbocycles. The zero-order valence-corrected chi connectivity index (χ0v) is 4.23. The van der Waals surface area contributed by atoms with Gasteiger partial charge in [0.05, 0.1) is 0 Å². The lowest BCUT2D eigenvalue weighted by molar-refractivity contribution is -0.187. The van der Waals surface area contributed by atoms with E-state index >= 15 is 0 Å². The molecule has 0 aromatic rings. The number of hydrogen-bond acceptors (Lipinski definition) is 2. The molecule has 0 aromatic carbocycles. The first-order valence-corrected chi connectivity index (χ1v) is 2.46. The molecule has 1 saturated heterocycles. The van der Waals surface area contributed by atoms with Crippen molar-refractivity contribution in [1.29, 1.82) is 0 Å². The van der Waals surface area contributed by atoms with E-state index in [9.17, 15) is 8.78 Å². The van der Waals surface area contributed by atoms with Gasteiger partial charge in [0, 0.05) is 6.54 Å². The van der Waals surface area contributed by atoms with Gasteiger partial charge in [-0.2, -0.15) is 8.78 Å². The quantitative estimate of drug-likeness (QED) is 0.578. The summed E-state index contributed by atoms with van der Waals surface area (Å²) in [7, 11) is 0. The summed E-state index contributed by atoms with van der Waals surface area (Å²) >= 11 is 0. The number of rotatable bonds is 2. The molecule has 2 nitrogen and oxygen atoms in total. The molecule has 1 heterocycles. The van der Waals surface area contributed by atoms with Crippen molar-refractivity contribution >= 4 is 0 Å². The van der Waals surface area contributed by atoms with Crippen LogP contribution in [0.4, 0.5) is 8.78 Å². The summed E-state index contributed by atoms with van der Waals surface area (Å²) in [6.07, 6.45) is 0.305. The number of hydrogen-bond donors (Lipinski definition) is 1. The molecule has 1 fully saturated rings. The van der Waals surface area contributed by atoms with Crippen LogP contribution >= 0.6 is 0 Å². The van der Waals surface area contributed by atoms with E-state index in [1.54, 1.807) is 0 Å². The third-order valence-electron chi connectivity index (χ3n) is 1.05. The minimum Gasteiger partial charge on any atom is -0.304 e. The number of ether oxygens (including phenoxy) is 1. The van der Waals surface area contributed by atoms with Crippen LogP contribution in [0.25, 0.3) is 0 Å². The zero-order chi connectivity index (χ0) is 5.98. The van der Waals surface area contributed by atoms with Crippen molar-refractivity contribution in [3.63, 3.8) is 0 Å². The first-order valence-electron chi connectivity index (χ1n) is 2.46. The van der Waals surface area contributed by atoms with Crippen LogP contribution in [0.2, 0.25) is 0 Å². The Morgan fingerprint density at radius 2 is 2.25 bits per heavy atom. The summed E-state index contributed by atoms with van der Waals surface area (Å²) in [6, 6.07) is 0. The maximum Gasteiger partial charge on any atom is 0.346 e. The van der Waals surface area contributed by atoms with Crippen molar-refractivity contribution < 1.29 is 13.5 Å². The molecular formula is C4H7F2NO. The Labute approximate surface area is 45.8 Å². The molecule has 4 heteroatoms. The average molecular weight is 123 g/mol. The molecule has 1 aliphatic heterocycles. The summed E-state index contributed by atoms with van der Waals surface area (Å²) in [4.78, 5) is 0. The van der Waals surface area contributed by atoms with Gasteiger partial charge in [-0.05, 0) is 6.42 Å². The maximum atomic E-state index is 11.2. The smallest absolute Gasteiger partial charge is 0.304 e. The minimum absolute atomic E-state index is 0.394. The first-order chi connectivity index (χ1) is 3.79. The fraction of sp³-hybridized carbons (Fsp3) is 1.00. The molecule has 1 unspecified atom stereocenters. The normalized spacial score (nSPS) is 28.1. The largest absolute Gasteiger partial charge is 0.346 e. The van der Waals surface area contributed by atoms with Gasteiger partial charge < -0.3 is 4.74 Å². The molecule has 8 heavy (non-hydrogen) atoms. The van der Waals surface area contributed by atoms with Gasteiger partial charge in [0.2, 0.25) is 0 Å². The average Bonchev–Trinajstić information content (AvgIpc) is 1.55. The predicted octanol–water partition coefficient (Wildman–Crippen LogP) is 0.545. The highest BCUT2D eigenvalue weighted by Gasteiger charge is 2.20. The molecule has 1 N–H and O–H groups in total. The maximum absolute atomic E-state index is 11.2. The second-order valence-electron chi connectivity index (χ2n) is 1.63. The van der Waals surface area contributed by atoms with Crippen LogP contribution in [-0.2, 0) is 4.74 Å². The summed E-state index contributed by atoms with van der Waals surface area (Å²) in [5.74, 6) is 0. The van der Waals surface area contributed by atoms with E-state index in [4.69, 9.17) is 0 Å². The molecular weight excluding hydrogens is 116 g/mol. The van der Waals surface area contributed by atoms with Crippen LogP contribution in [0.15, 0.2) is 0 Å². The van der Waals surface area contributed by atoms with Crippen LogP contribution in [-0.4, -0.2) is 19.4 Å². The van der Waals surface area contributed by atoms with Crippen LogP contribution in [0.1, 0.15) is 6.42 Å². The third-order valence-corrected chi connectivity index (χ3v) is 1.05. The lowest BCUT2D eigenvalue weighted by Gasteiger charge is -2.26. The Hall–Kier alpha value is -0.220. The number of nitrogens with one attached hydrogen (secondary N) is 1. The van der Waals surface area contributed by atoms with Gasteiger partial charge in [-0.15, -0.1) is 0 Å². The number of halogens is 2. The molecule has 0 bridgehead atoms. The Kier molecular flexibility index (Phi) is 1.75. The molecule has 1 atom stereocenters. The predicted molar refractivity (Wildman–Crippen MR) is 23.5 cm³/mol. The first kappa shape index (κ1) is 5.91. The van der Waals surface area contributed by atoms with Crippen molar-refractivity contribution in [3.05, 3.63) is 0 Å². The third kappa shape index (κ3) is 1.38. The van der Waals surface area contributed by atoms with Crippen LogP contribution in [0.5, 0.6) is 0 Å². The summed E-state index contributed by atoms with van der Waals surface area (Å²) in [6.45, 7) is -1.84. The highest BCUT2D eigenvalue weighted by Crippen LogP contribution is 2.07. The van der Waals surface area contributed by atoms with Gasteiger partial charge in [-0.3, -0.25) is 5.32 Å². The van der Waals surface area contributed by atoms with Crippen LogP contribution in [0, 0.1) is 0 Å². The van der Waals surface area contributed by atoms with Gasteiger partial charge in [0.15, 0.2) is 0 Å². The van der Waals surface area contributed by atoms with E-state index in [0.717, 1.165) is 6.54 Å². The lowest BCUT2D eigenvalue weighted by atomic mass is 10.2. The van der Waals surface area contributed by atoms with Gasteiger partial charge in [-0.25, -0.2) is 0 Å². The van der Waals surface area contributed by atoms with Gasteiger partial charge in [0.1, 0.15) is 6.23 Å². The lowest BCUT2D eigenvalue weighted by Crippen LogP contribution is -2.45. The van der Waals surface area contributed by atoms with E-state index in [-0.39, 0.29) is 0 Å². The van der Waals surface area contributed by atoms with Crippen LogP contribution in [0.3, 0.4) is 0 Å². The molecule has 1 aliphatic rings. The van der Waals surface area contributed by atoms with Crippen molar-refractivity contribution in [2.45, 2.75) is 19.3 Å². The summed E-state index contributed by atoms with van der Waals surface area (Å²) in [5.41, 5.74) is 0. The molecule has 48 valence electrons. The van der Waals surface area contributed by atoms with Gasteiger partial charge in [-0.1, -0.05) is 0 Å². The molecule has 1 rings (SSSR count). The van der Waals surface area contributed by atoms with E-state index in [1.165, 1.54) is 0 Å². The molecule has 0 spiro atoms. The van der Waals surface area contributed by atoms with Crippen LogP contribution < -0.4 is 5.32 Å². The highest BCUT2D eigenvalue weighted by atomic mass is 19.3.